The van der Waals surface area contributed by atoms with Crippen LogP contribution in [0.4, 0.5) is 17.1 Å². The first-order valence-corrected chi connectivity index (χ1v) is 34.8. The number of carbonyl (C=O) groups excluding carboxylic acids is 3. The maximum absolute atomic E-state index is 12.2. The van der Waals surface area contributed by atoms with Crippen molar-refractivity contribution in [3.8, 4) is 101 Å². The Balaban J connectivity index is 0.000000124. The van der Waals surface area contributed by atoms with Gasteiger partial charge in [-0.2, -0.15) is 15.3 Å². The van der Waals surface area contributed by atoms with Gasteiger partial charge in [0.15, 0.2) is 34.4 Å². The Labute approximate surface area is 614 Å². The summed E-state index contributed by atoms with van der Waals surface area (Å²) < 4.78 is 0. The lowest BCUT2D eigenvalue weighted by molar-refractivity contribution is -0.119. The number of aromatic amines is 6. The van der Waals surface area contributed by atoms with Crippen molar-refractivity contribution in [1.29, 1.82) is 0 Å². The Kier molecular flexibility index (Phi) is 18.5. The summed E-state index contributed by atoms with van der Waals surface area (Å²) >= 11 is 0. The van der Waals surface area contributed by atoms with E-state index in [1.807, 2.05) is 168 Å². The van der Waals surface area contributed by atoms with Gasteiger partial charge in [0.05, 0.1) is 84.9 Å². The predicted molar refractivity (Wildman–Crippen MR) is 417 cm³/mol. The van der Waals surface area contributed by atoms with E-state index >= 15 is 0 Å². The smallest absolute Gasteiger partial charge is 0.226 e. The zero-order valence-electron chi connectivity index (χ0n) is 58.8. The van der Waals surface area contributed by atoms with E-state index in [0.29, 0.717) is 64.3 Å². The molecule has 27 heteroatoms. The van der Waals surface area contributed by atoms with Gasteiger partial charge < -0.3 is 30.9 Å². The molecule has 0 radical (unpaired) electrons. The molecular weight excluding hydrogens is 1360 g/mol. The van der Waals surface area contributed by atoms with Crippen molar-refractivity contribution < 1.29 is 14.4 Å². The monoisotopic (exact) mass is 1420 g/mol. The Morgan fingerprint density at radius 2 is 0.750 bits per heavy atom. The third-order valence-corrected chi connectivity index (χ3v) is 17.9. The SMILES string of the molecule is CC(C)C(=O)Nc1cncc(-c2cnc3n[nH]c(-c4nc5c(-c6ccncc6)cccc5[nH]4)c3c2)c1.CC(C)CC(=O)Nc1cncc(-c2cnc3n[nH]c(-c4nc5c(-c6ccncc6)cccc5[nH]4)c3c2)c1.CCC(=O)Nc1cncc(-c2cnc3n[nH]c(-c4nc5c(-c6cccnc6)cccc5[nH]4)c3c2)c1. The number of pyridine rings is 9. The van der Waals surface area contributed by atoms with Crippen molar-refractivity contribution in [2.24, 2.45) is 11.8 Å². The lowest BCUT2D eigenvalue weighted by Gasteiger charge is -2.09. The summed E-state index contributed by atoms with van der Waals surface area (Å²) in [4.78, 5) is 100. The summed E-state index contributed by atoms with van der Waals surface area (Å²) in [7, 11) is 0. The summed E-state index contributed by atoms with van der Waals surface area (Å²) in [6, 6.07) is 41.6. The topological polar surface area (TPSA) is 375 Å². The fraction of sp³-hybridized carbons (Fsp3) is 0.111. The van der Waals surface area contributed by atoms with Gasteiger partial charge in [-0.05, 0) is 102 Å². The van der Waals surface area contributed by atoms with Gasteiger partial charge in [-0.15, -0.1) is 0 Å². The van der Waals surface area contributed by atoms with Crippen LogP contribution in [-0.4, -0.2) is 123 Å². The minimum Gasteiger partial charge on any atom is -0.337 e. The van der Waals surface area contributed by atoms with Crippen LogP contribution in [0.1, 0.15) is 47.5 Å². The van der Waals surface area contributed by atoms with Gasteiger partial charge in [0.1, 0.15) is 17.1 Å². The third kappa shape index (κ3) is 14.1. The van der Waals surface area contributed by atoms with Crippen LogP contribution in [0.3, 0.4) is 0 Å². The predicted octanol–water partition coefficient (Wildman–Crippen LogP) is 15.8. The number of nitrogens with zero attached hydrogens (tertiary/aromatic N) is 15. The van der Waals surface area contributed by atoms with Gasteiger partial charge in [0, 0.05) is 149 Å². The Morgan fingerprint density at radius 1 is 0.370 bits per heavy atom. The molecule has 0 atom stereocenters. The van der Waals surface area contributed by atoms with Gasteiger partial charge in [-0.1, -0.05) is 77.1 Å². The number of carbonyl (C=O) groups is 3. The van der Waals surface area contributed by atoms with Crippen LogP contribution in [-0.2, 0) is 14.4 Å². The number of benzene rings is 3. The summed E-state index contributed by atoms with van der Waals surface area (Å²) in [6.45, 7) is 9.54. The van der Waals surface area contributed by atoms with E-state index in [9.17, 15) is 14.4 Å². The highest BCUT2D eigenvalue weighted by Gasteiger charge is 2.22. The highest BCUT2D eigenvalue weighted by Crippen LogP contribution is 2.38. The van der Waals surface area contributed by atoms with E-state index in [1.54, 1.807) is 86.8 Å². The maximum atomic E-state index is 12.2. The average molecular weight is 1420 g/mol. The molecule has 0 saturated carbocycles. The van der Waals surface area contributed by atoms with E-state index < -0.39 is 0 Å². The zero-order chi connectivity index (χ0) is 73.8. The van der Waals surface area contributed by atoms with Crippen molar-refractivity contribution in [1.82, 2.24) is 105 Å². The molecule has 3 aromatic carbocycles. The summed E-state index contributed by atoms with van der Waals surface area (Å²) in [5, 5.41) is 33.6. The second kappa shape index (κ2) is 29.5. The number of amides is 3. The summed E-state index contributed by atoms with van der Waals surface area (Å²) in [6.07, 6.45) is 26.9. The second-order valence-electron chi connectivity index (χ2n) is 26.2. The van der Waals surface area contributed by atoms with Crippen LogP contribution >= 0.6 is 0 Å². The molecule has 18 rings (SSSR count). The normalized spacial score (nSPS) is 11.4. The molecule has 27 nitrogen and oxygen atoms in total. The van der Waals surface area contributed by atoms with E-state index in [0.717, 1.165) is 133 Å². The van der Waals surface area contributed by atoms with Crippen LogP contribution in [0.15, 0.2) is 220 Å². The van der Waals surface area contributed by atoms with E-state index in [2.05, 4.69) is 106 Å². The van der Waals surface area contributed by atoms with Crippen LogP contribution in [0.2, 0.25) is 0 Å². The quantitative estimate of drug-likeness (QED) is 0.0434. The number of imidazole rings is 3. The number of H-pyrrole nitrogens is 6. The summed E-state index contributed by atoms with van der Waals surface area (Å²) in [5.41, 5.74) is 22.5. The van der Waals surface area contributed by atoms with Crippen LogP contribution < -0.4 is 16.0 Å². The van der Waals surface area contributed by atoms with Crippen molar-refractivity contribution in [3.63, 3.8) is 0 Å². The highest BCUT2D eigenvalue weighted by molar-refractivity contribution is 6.02. The highest BCUT2D eigenvalue weighted by atomic mass is 16.2. The lowest BCUT2D eigenvalue weighted by Crippen LogP contribution is -2.17. The van der Waals surface area contributed by atoms with Gasteiger partial charge in [0.25, 0.3) is 0 Å². The van der Waals surface area contributed by atoms with Crippen molar-refractivity contribution in [2.45, 2.75) is 47.5 Å². The molecule has 0 aliphatic carbocycles. The molecule has 0 bridgehead atoms. The number of nitrogens with one attached hydrogen (secondary N) is 9. The van der Waals surface area contributed by atoms with E-state index in [-0.39, 0.29) is 29.6 Å². The molecule has 9 N–H and O–H groups in total. The number of anilines is 3. The number of hydrogen-bond acceptors (Lipinski definition) is 18. The fourth-order valence-corrected chi connectivity index (χ4v) is 12.6. The number of para-hydroxylation sites is 3. The molecule has 3 amide bonds. The molecule has 0 unspecified atom stereocenters. The first-order chi connectivity index (χ1) is 52.8. The van der Waals surface area contributed by atoms with Crippen LogP contribution in [0.25, 0.3) is 168 Å². The number of hydrogen-bond donors (Lipinski definition) is 9. The van der Waals surface area contributed by atoms with Crippen molar-refractivity contribution in [3.05, 3.63) is 220 Å². The van der Waals surface area contributed by atoms with E-state index in [1.165, 1.54) is 0 Å². The molecular formula is C81H66N24O3. The first kappa shape index (κ1) is 67.7. The van der Waals surface area contributed by atoms with Gasteiger partial charge in [0.2, 0.25) is 17.7 Å². The standard InChI is InChI=1S/C28H24N8O.C27H22N8O.C26H20N8O/c1-16(2)10-24(37)32-20-11-18(13-30-15-20)19-12-22-26(35-36-27(22)31-14-19)28-33-23-5-3-4-21(25(23)34-28)17-6-8-29-9-7-17;1-15(2)27(36)31-19-10-17(12-29-14-19)18-11-21-24(34-35-25(21)30-13-18)26-32-22-5-3-4-20(23(22)33-26)16-6-8-28-9-7-16;1-2-22(35)30-18-9-16(12-28-14-18)17-10-20-24(33-34-25(20)29-13-17)26-31-21-7-3-6-19(23(21)32-26)15-5-4-8-27-11-15/h3-9,11-16H,10H2,1-2H3,(H,32,37)(H,33,34)(H,31,35,36);3-15H,1-2H3,(H,31,36)(H,32,33)(H,30,34,35);3-14H,2H2,1H3,(H,30,35)(H,31,32)(H,29,33,34). The maximum Gasteiger partial charge on any atom is 0.226 e. The molecule has 18 aromatic rings. The Bertz CT molecular complexity index is 6360. The third-order valence-electron chi connectivity index (χ3n) is 17.9. The molecule has 0 aliphatic heterocycles. The Morgan fingerprint density at radius 3 is 1.13 bits per heavy atom. The Hall–Kier alpha value is -14.8. The van der Waals surface area contributed by atoms with E-state index in [4.69, 9.17) is 15.0 Å². The first-order valence-electron chi connectivity index (χ1n) is 34.8. The average Bonchev–Trinajstić information content (AvgIpc) is 1.63. The largest absolute Gasteiger partial charge is 0.337 e. The van der Waals surface area contributed by atoms with Gasteiger partial charge in [-0.25, -0.2) is 29.9 Å². The molecule has 108 heavy (non-hydrogen) atoms. The van der Waals surface area contributed by atoms with Crippen molar-refractivity contribution in [2.75, 3.05) is 16.0 Å². The molecule has 0 saturated heterocycles. The van der Waals surface area contributed by atoms with Crippen LogP contribution in [0.5, 0.6) is 0 Å². The molecule has 528 valence electrons. The molecule has 15 heterocycles. The lowest BCUT2D eigenvalue weighted by atomic mass is 10.1. The molecule has 15 aromatic heterocycles. The van der Waals surface area contributed by atoms with Crippen LogP contribution in [0, 0.1) is 11.8 Å². The summed E-state index contributed by atoms with van der Waals surface area (Å²) in [5.74, 6) is 2.01. The minimum absolute atomic E-state index is 0.0318. The fourth-order valence-electron chi connectivity index (χ4n) is 12.6. The zero-order valence-corrected chi connectivity index (χ0v) is 58.8. The van der Waals surface area contributed by atoms with Gasteiger partial charge >= 0.3 is 0 Å². The number of rotatable bonds is 16. The van der Waals surface area contributed by atoms with Gasteiger partial charge in [-0.3, -0.25) is 59.6 Å². The number of fused-ring (bicyclic) bond motifs is 6. The molecule has 0 spiro atoms. The minimum atomic E-state index is -0.122. The second-order valence-corrected chi connectivity index (χ2v) is 26.2. The molecule has 0 aliphatic rings. The van der Waals surface area contributed by atoms with Crippen molar-refractivity contribution >= 4 is 101 Å². The number of aromatic nitrogens is 21. The molecule has 0 fully saturated rings.